The molecule has 2 aromatic carbocycles. The molecular formula is C20H24N2O3. The van der Waals surface area contributed by atoms with Gasteiger partial charge in [-0.05, 0) is 42.3 Å². The van der Waals surface area contributed by atoms with Gasteiger partial charge in [-0.2, -0.15) is 0 Å². The first-order valence-electron chi connectivity index (χ1n) is 8.61. The van der Waals surface area contributed by atoms with E-state index in [-0.39, 0.29) is 11.7 Å². The fourth-order valence-corrected chi connectivity index (χ4v) is 3.19. The number of hydrogen-bond donors (Lipinski definition) is 1. The number of carbonyl (C=O) groups excluding carboxylic acids is 1. The van der Waals surface area contributed by atoms with Crippen LogP contribution >= 0.6 is 0 Å². The zero-order valence-electron chi connectivity index (χ0n) is 14.5. The number of phenolic OH excluding ortho intramolecular Hbond substituents is 1. The second kappa shape index (κ2) is 7.92. The maximum atomic E-state index is 12.5. The maximum absolute atomic E-state index is 12.5. The second-order valence-corrected chi connectivity index (χ2v) is 6.20. The molecule has 0 unspecified atom stereocenters. The van der Waals surface area contributed by atoms with Gasteiger partial charge in [0.05, 0.1) is 7.11 Å². The van der Waals surface area contributed by atoms with Crippen molar-refractivity contribution >= 4 is 11.6 Å². The van der Waals surface area contributed by atoms with Crippen LogP contribution in [0.5, 0.6) is 11.5 Å². The van der Waals surface area contributed by atoms with E-state index < -0.39 is 0 Å². The summed E-state index contributed by atoms with van der Waals surface area (Å²) in [6.07, 6.45) is 1.20. The van der Waals surface area contributed by atoms with E-state index in [0.717, 1.165) is 43.2 Å². The Bertz CT molecular complexity index is 707. The minimum absolute atomic E-state index is 0.191. The molecular weight excluding hydrogens is 316 g/mol. The van der Waals surface area contributed by atoms with Gasteiger partial charge < -0.3 is 19.6 Å². The summed E-state index contributed by atoms with van der Waals surface area (Å²) in [5, 5.41) is 9.38. The van der Waals surface area contributed by atoms with Crippen LogP contribution in [0.3, 0.4) is 0 Å². The Hall–Kier alpha value is -2.69. The van der Waals surface area contributed by atoms with Crippen LogP contribution in [0.2, 0.25) is 0 Å². The molecule has 0 radical (unpaired) electrons. The van der Waals surface area contributed by atoms with Crippen molar-refractivity contribution < 1.29 is 14.6 Å². The van der Waals surface area contributed by atoms with Crippen LogP contribution in [0, 0.1) is 0 Å². The van der Waals surface area contributed by atoms with Crippen LogP contribution < -0.4 is 9.64 Å². The third-order valence-electron chi connectivity index (χ3n) is 4.65. The zero-order chi connectivity index (χ0) is 17.6. The number of carbonyl (C=O) groups is 1. The second-order valence-electron chi connectivity index (χ2n) is 6.20. The van der Waals surface area contributed by atoms with Crippen LogP contribution in [0.4, 0.5) is 5.69 Å². The van der Waals surface area contributed by atoms with Crippen LogP contribution in [-0.2, 0) is 11.2 Å². The molecule has 1 saturated heterocycles. The highest BCUT2D eigenvalue weighted by Gasteiger charge is 2.21. The Morgan fingerprint density at radius 3 is 2.40 bits per heavy atom. The van der Waals surface area contributed by atoms with Crippen molar-refractivity contribution in [1.29, 1.82) is 0 Å². The van der Waals surface area contributed by atoms with Gasteiger partial charge in [0.2, 0.25) is 5.91 Å². The van der Waals surface area contributed by atoms with Crippen LogP contribution in [0.15, 0.2) is 48.5 Å². The van der Waals surface area contributed by atoms with Gasteiger partial charge in [0, 0.05) is 38.3 Å². The number of piperazine rings is 1. The van der Waals surface area contributed by atoms with Crippen molar-refractivity contribution in [3.05, 3.63) is 54.1 Å². The van der Waals surface area contributed by atoms with Crippen molar-refractivity contribution in [1.82, 2.24) is 4.90 Å². The van der Waals surface area contributed by atoms with Crippen LogP contribution in [-0.4, -0.2) is 49.2 Å². The molecule has 1 fully saturated rings. The van der Waals surface area contributed by atoms with Gasteiger partial charge in [-0.15, -0.1) is 0 Å². The summed E-state index contributed by atoms with van der Waals surface area (Å²) in [6.45, 7) is 3.08. The highest BCUT2D eigenvalue weighted by Crippen LogP contribution is 2.21. The van der Waals surface area contributed by atoms with Gasteiger partial charge >= 0.3 is 0 Å². The smallest absolute Gasteiger partial charge is 0.223 e. The van der Waals surface area contributed by atoms with Crippen molar-refractivity contribution in [2.24, 2.45) is 0 Å². The van der Waals surface area contributed by atoms with Gasteiger partial charge in [-0.25, -0.2) is 0 Å². The van der Waals surface area contributed by atoms with Gasteiger partial charge in [0.1, 0.15) is 11.5 Å². The Labute approximate surface area is 148 Å². The first kappa shape index (κ1) is 17.1. The third-order valence-corrected chi connectivity index (χ3v) is 4.65. The standard InChI is InChI=1S/C20H24N2O3/c1-25-19-5-3-2-4-16(19)6-11-20(24)22-14-12-21(13-15-22)17-7-9-18(23)10-8-17/h2-5,7-10,23H,6,11-15H2,1H3. The quantitative estimate of drug-likeness (QED) is 0.909. The van der Waals surface area contributed by atoms with Gasteiger partial charge in [-0.3, -0.25) is 4.79 Å². The number of rotatable bonds is 5. The Morgan fingerprint density at radius 1 is 1.04 bits per heavy atom. The van der Waals surface area contributed by atoms with E-state index in [1.165, 1.54) is 0 Å². The topological polar surface area (TPSA) is 53.0 Å². The number of anilines is 1. The predicted octanol–water partition coefficient (Wildman–Crippen LogP) is 2.68. The third kappa shape index (κ3) is 4.24. The maximum Gasteiger partial charge on any atom is 0.223 e. The van der Waals surface area contributed by atoms with Gasteiger partial charge in [0.15, 0.2) is 0 Å². The fraction of sp³-hybridized carbons (Fsp3) is 0.350. The summed E-state index contributed by atoms with van der Waals surface area (Å²) < 4.78 is 5.35. The Morgan fingerprint density at radius 2 is 1.72 bits per heavy atom. The molecule has 3 rings (SSSR count). The lowest BCUT2D eigenvalue weighted by atomic mass is 10.1. The van der Waals surface area contributed by atoms with E-state index in [9.17, 15) is 9.90 Å². The van der Waals surface area contributed by atoms with Crippen molar-refractivity contribution in [2.45, 2.75) is 12.8 Å². The van der Waals surface area contributed by atoms with E-state index >= 15 is 0 Å². The molecule has 0 spiro atoms. The molecule has 1 amide bonds. The summed E-state index contributed by atoms with van der Waals surface area (Å²) >= 11 is 0. The Kier molecular flexibility index (Phi) is 5.43. The molecule has 0 aromatic heterocycles. The van der Waals surface area contributed by atoms with E-state index in [1.54, 1.807) is 19.2 Å². The van der Waals surface area contributed by atoms with Crippen molar-refractivity contribution in [3.8, 4) is 11.5 Å². The van der Waals surface area contributed by atoms with Gasteiger partial charge in [0.25, 0.3) is 0 Å². The molecule has 1 N–H and O–H groups in total. The fourth-order valence-electron chi connectivity index (χ4n) is 3.19. The summed E-state index contributed by atoms with van der Waals surface area (Å²) in [7, 11) is 1.66. The average molecular weight is 340 g/mol. The number of para-hydroxylation sites is 1. The molecule has 1 heterocycles. The lowest BCUT2D eigenvalue weighted by Crippen LogP contribution is -2.48. The molecule has 132 valence electrons. The summed E-state index contributed by atoms with van der Waals surface area (Å²) in [5.41, 5.74) is 2.15. The molecule has 5 nitrogen and oxygen atoms in total. The molecule has 25 heavy (non-hydrogen) atoms. The summed E-state index contributed by atoms with van der Waals surface area (Å²) in [5.74, 6) is 1.30. The first-order chi connectivity index (χ1) is 12.2. The molecule has 1 aliphatic rings. The number of benzene rings is 2. The number of methoxy groups -OCH3 is 1. The first-order valence-corrected chi connectivity index (χ1v) is 8.61. The highest BCUT2D eigenvalue weighted by atomic mass is 16.5. The van der Waals surface area contributed by atoms with E-state index in [0.29, 0.717) is 12.8 Å². The highest BCUT2D eigenvalue weighted by molar-refractivity contribution is 5.77. The minimum atomic E-state index is 0.191. The SMILES string of the molecule is COc1ccccc1CCC(=O)N1CCN(c2ccc(O)cc2)CC1. The van der Waals surface area contributed by atoms with Crippen molar-refractivity contribution in [2.75, 3.05) is 38.2 Å². The Balaban J connectivity index is 1.50. The predicted molar refractivity (Wildman–Crippen MR) is 98.2 cm³/mol. The molecule has 0 atom stereocenters. The van der Waals surface area contributed by atoms with Gasteiger partial charge in [-0.1, -0.05) is 18.2 Å². The van der Waals surface area contributed by atoms with Crippen molar-refractivity contribution in [3.63, 3.8) is 0 Å². The monoisotopic (exact) mass is 340 g/mol. The number of nitrogens with zero attached hydrogens (tertiary/aromatic N) is 2. The normalized spacial score (nSPS) is 14.4. The lowest BCUT2D eigenvalue weighted by Gasteiger charge is -2.36. The number of amides is 1. The number of aryl methyl sites for hydroxylation is 1. The molecule has 0 aliphatic carbocycles. The molecule has 0 saturated carbocycles. The lowest BCUT2D eigenvalue weighted by molar-refractivity contribution is -0.131. The summed E-state index contributed by atoms with van der Waals surface area (Å²) in [4.78, 5) is 16.7. The molecule has 2 aromatic rings. The number of phenols is 1. The zero-order valence-corrected chi connectivity index (χ0v) is 14.5. The number of ether oxygens (including phenoxy) is 1. The van der Waals surface area contributed by atoms with E-state index in [4.69, 9.17) is 4.74 Å². The number of hydrogen-bond acceptors (Lipinski definition) is 4. The largest absolute Gasteiger partial charge is 0.508 e. The molecule has 5 heteroatoms. The van der Waals surface area contributed by atoms with E-state index in [2.05, 4.69) is 4.90 Å². The van der Waals surface area contributed by atoms with E-state index in [1.807, 2.05) is 41.3 Å². The number of aromatic hydroxyl groups is 1. The molecule has 1 aliphatic heterocycles. The average Bonchev–Trinajstić information content (AvgIpc) is 2.67. The summed E-state index contributed by atoms with van der Waals surface area (Å²) in [6, 6.07) is 15.1. The van der Waals surface area contributed by atoms with Crippen LogP contribution in [0.1, 0.15) is 12.0 Å². The minimum Gasteiger partial charge on any atom is -0.508 e. The van der Waals surface area contributed by atoms with Crippen LogP contribution in [0.25, 0.3) is 0 Å². The molecule has 0 bridgehead atoms.